The number of para-hydroxylation sites is 1. The van der Waals surface area contributed by atoms with Gasteiger partial charge in [-0.3, -0.25) is 9.59 Å². The fraction of sp³-hybridized carbons (Fsp3) is 0.263. The maximum atomic E-state index is 12.5. The number of carbonyl (C=O) groups is 2. The van der Waals surface area contributed by atoms with Crippen LogP contribution in [-0.4, -0.2) is 18.4 Å². The molecular weight excluding hydrogens is 292 g/mol. The van der Waals surface area contributed by atoms with Crippen LogP contribution in [0.3, 0.4) is 0 Å². The van der Waals surface area contributed by atoms with Gasteiger partial charge in [0.25, 0.3) is 0 Å². The predicted octanol–water partition coefficient (Wildman–Crippen LogP) is 4.25. The topological polar surface area (TPSA) is 52.6 Å². The summed E-state index contributed by atoms with van der Waals surface area (Å²) in [6.45, 7) is 5.11. The molecule has 23 heavy (non-hydrogen) atoms. The number of hydrogen-bond acceptors (Lipinski definition) is 4. The third-order valence-corrected chi connectivity index (χ3v) is 3.45. The molecule has 4 nitrogen and oxygen atoms in total. The first-order valence-corrected chi connectivity index (χ1v) is 7.50. The van der Waals surface area contributed by atoms with E-state index >= 15 is 0 Å². The normalized spacial score (nSPS) is 10.9. The van der Waals surface area contributed by atoms with Gasteiger partial charge in [0, 0.05) is 5.56 Å². The molecule has 0 spiro atoms. The van der Waals surface area contributed by atoms with E-state index in [0.29, 0.717) is 11.3 Å². The van der Waals surface area contributed by atoms with E-state index in [1.54, 1.807) is 45.0 Å². The fourth-order valence-electron chi connectivity index (χ4n) is 2.06. The van der Waals surface area contributed by atoms with Crippen LogP contribution < -0.4 is 4.74 Å². The van der Waals surface area contributed by atoms with Crippen LogP contribution in [0.4, 0.5) is 0 Å². The van der Waals surface area contributed by atoms with Gasteiger partial charge in [-0.15, -0.1) is 0 Å². The summed E-state index contributed by atoms with van der Waals surface area (Å²) in [4.78, 5) is 24.4. The van der Waals surface area contributed by atoms with Crippen LogP contribution in [0.1, 0.15) is 31.1 Å². The smallest absolute Gasteiger partial charge is 0.319 e. The molecule has 2 aromatic carbocycles. The minimum atomic E-state index is -1.21. The Kier molecular flexibility index (Phi) is 5.16. The Morgan fingerprint density at radius 3 is 2.04 bits per heavy atom. The van der Waals surface area contributed by atoms with Crippen LogP contribution in [0.2, 0.25) is 0 Å². The first kappa shape index (κ1) is 16.7. The van der Waals surface area contributed by atoms with Crippen molar-refractivity contribution in [2.45, 2.75) is 20.8 Å². The van der Waals surface area contributed by atoms with Gasteiger partial charge >= 0.3 is 5.97 Å². The molecule has 0 saturated heterocycles. The van der Waals surface area contributed by atoms with Gasteiger partial charge in [-0.25, -0.2) is 0 Å². The average Bonchev–Trinajstić information content (AvgIpc) is 2.56. The lowest BCUT2D eigenvalue weighted by molar-refractivity contribution is -0.150. The molecule has 0 unspecified atom stereocenters. The SMILES string of the molecule is CCOC(=O)C(C)(C)C(=O)c1ccc(Oc2ccccc2)cc1. The number of Topliss-reactive ketones (excluding diaryl/α,β-unsaturated/α-hetero) is 1. The zero-order valence-corrected chi connectivity index (χ0v) is 13.5. The number of carbonyl (C=O) groups excluding carboxylic acids is 2. The summed E-state index contributed by atoms with van der Waals surface area (Å²) >= 11 is 0. The summed E-state index contributed by atoms with van der Waals surface area (Å²) in [6.07, 6.45) is 0. The lowest BCUT2D eigenvalue weighted by atomic mass is 9.84. The highest BCUT2D eigenvalue weighted by Crippen LogP contribution is 2.26. The Morgan fingerprint density at radius 1 is 0.913 bits per heavy atom. The van der Waals surface area contributed by atoms with Crippen molar-refractivity contribution >= 4 is 11.8 Å². The molecule has 0 heterocycles. The summed E-state index contributed by atoms with van der Waals surface area (Å²) in [5.74, 6) is 0.553. The number of ether oxygens (including phenoxy) is 2. The van der Waals surface area contributed by atoms with E-state index in [1.165, 1.54) is 0 Å². The molecule has 0 amide bonds. The summed E-state index contributed by atoms with van der Waals surface area (Å²) in [6, 6.07) is 16.1. The van der Waals surface area contributed by atoms with Gasteiger partial charge in [-0.2, -0.15) is 0 Å². The highest BCUT2D eigenvalue weighted by Gasteiger charge is 2.37. The second-order valence-corrected chi connectivity index (χ2v) is 5.61. The Morgan fingerprint density at radius 2 is 1.48 bits per heavy atom. The van der Waals surface area contributed by atoms with E-state index in [9.17, 15) is 9.59 Å². The third-order valence-electron chi connectivity index (χ3n) is 3.45. The monoisotopic (exact) mass is 312 g/mol. The van der Waals surface area contributed by atoms with Gasteiger partial charge < -0.3 is 9.47 Å². The highest BCUT2D eigenvalue weighted by molar-refractivity contribution is 6.11. The van der Waals surface area contributed by atoms with Crippen LogP contribution in [0.25, 0.3) is 0 Å². The Hall–Kier alpha value is -2.62. The van der Waals surface area contributed by atoms with Crippen LogP contribution in [0.15, 0.2) is 54.6 Å². The molecule has 0 N–H and O–H groups in total. The molecule has 0 bridgehead atoms. The van der Waals surface area contributed by atoms with Crippen LogP contribution >= 0.6 is 0 Å². The number of rotatable bonds is 6. The lowest BCUT2D eigenvalue weighted by Crippen LogP contribution is -2.35. The Bertz CT molecular complexity index is 672. The predicted molar refractivity (Wildman–Crippen MR) is 87.7 cm³/mol. The molecule has 0 aliphatic carbocycles. The molecule has 0 aliphatic rings. The first-order valence-electron chi connectivity index (χ1n) is 7.50. The van der Waals surface area contributed by atoms with Crippen molar-refractivity contribution in [3.8, 4) is 11.5 Å². The molecule has 4 heteroatoms. The van der Waals surface area contributed by atoms with Crippen molar-refractivity contribution in [1.82, 2.24) is 0 Å². The van der Waals surface area contributed by atoms with E-state index in [0.717, 1.165) is 5.75 Å². The van der Waals surface area contributed by atoms with E-state index in [1.807, 2.05) is 30.3 Å². The van der Waals surface area contributed by atoms with Crippen molar-refractivity contribution < 1.29 is 19.1 Å². The lowest BCUT2D eigenvalue weighted by Gasteiger charge is -2.20. The molecule has 0 aliphatic heterocycles. The minimum Gasteiger partial charge on any atom is -0.465 e. The molecule has 0 atom stereocenters. The summed E-state index contributed by atoms with van der Waals surface area (Å²) < 4.78 is 10.6. The fourth-order valence-corrected chi connectivity index (χ4v) is 2.06. The van der Waals surface area contributed by atoms with Gasteiger partial charge in [-0.05, 0) is 57.2 Å². The van der Waals surface area contributed by atoms with Crippen LogP contribution in [-0.2, 0) is 9.53 Å². The van der Waals surface area contributed by atoms with Crippen molar-refractivity contribution in [2.75, 3.05) is 6.61 Å². The van der Waals surface area contributed by atoms with Crippen molar-refractivity contribution in [1.29, 1.82) is 0 Å². The van der Waals surface area contributed by atoms with Crippen molar-refractivity contribution in [3.63, 3.8) is 0 Å². The van der Waals surface area contributed by atoms with E-state index in [4.69, 9.17) is 9.47 Å². The molecule has 0 radical (unpaired) electrons. The second kappa shape index (κ2) is 7.09. The first-order chi connectivity index (χ1) is 10.9. The van der Waals surface area contributed by atoms with Gasteiger partial charge in [0.15, 0.2) is 5.78 Å². The molecule has 2 aromatic rings. The van der Waals surface area contributed by atoms with Crippen LogP contribution in [0.5, 0.6) is 11.5 Å². The second-order valence-electron chi connectivity index (χ2n) is 5.61. The highest BCUT2D eigenvalue weighted by atomic mass is 16.5. The van der Waals surface area contributed by atoms with E-state index < -0.39 is 11.4 Å². The number of hydrogen-bond donors (Lipinski definition) is 0. The molecule has 0 fully saturated rings. The average molecular weight is 312 g/mol. The van der Waals surface area contributed by atoms with Gasteiger partial charge in [-0.1, -0.05) is 18.2 Å². The van der Waals surface area contributed by atoms with Crippen molar-refractivity contribution in [2.24, 2.45) is 5.41 Å². The van der Waals surface area contributed by atoms with Gasteiger partial charge in [0.2, 0.25) is 0 Å². The summed E-state index contributed by atoms with van der Waals surface area (Å²) in [5, 5.41) is 0. The Balaban J connectivity index is 2.12. The van der Waals surface area contributed by atoms with Gasteiger partial charge in [0.1, 0.15) is 16.9 Å². The molecule has 0 aromatic heterocycles. The molecule has 0 saturated carbocycles. The number of esters is 1. The zero-order chi connectivity index (χ0) is 16.9. The number of ketones is 1. The summed E-state index contributed by atoms with van der Waals surface area (Å²) in [5.41, 5.74) is -0.763. The maximum absolute atomic E-state index is 12.5. The minimum absolute atomic E-state index is 0.249. The van der Waals surface area contributed by atoms with Gasteiger partial charge in [0.05, 0.1) is 6.61 Å². The maximum Gasteiger partial charge on any atom is 0.319 e. The van der Waals surface area contributed by atoms with E-state index in [-0.39, 0.29) is 12.4 Å². The summed E-state index contributed by atoms with van der Waals surface area (Å²) in [7, 11) is 0. The zero-order valence-electron chi connectivity index (χ0n) is 13.5. The Labute approximate surface area is 136 Å². The molecule has 2 rings (SSSR count). The molecule has 120 valence electrons. The quantitative estimate of drug-likeness (QED) is 0.454. The van der Waals surface area contributed by atoms with Crippen LogP contribution in [0, 0.1) is 5.41 Å². The molecular formula is C19H20O4. The van der Waals surface area contributed by atoms with E-state index in [2.05, 4.69) is 0 Å². The largest absolute Gasteiger partial charge is 0.465 e. The number of benzene rings is 2. The van der Waals surface area contributed by atoms with Crippen molar-refractivity contribution in [3.05, 3.63) is 60.2 Å². The third kappa shape index (κ3) is 3.97. The standard InChI is InChI=1S/C19H20O4/c1-4-22-18(21)19(2,3)17(20)14-10-12-16(13-11-14)23-15-8-6-5-7-9-15/h5-13H,4H2,1-3H3.